The van der Waals surface area contributed by atoms with Gasteiger partial charge in [-0.2, -0.15) is 12.7 Å². The second kappa shape index (κ2) is 8.66. The van der Waals surface area contributed by atoms with Gasteiger partial charge in [0.25, 0.3) is 16.1 Å². The Kier molecular flexibility index (Phi) is 6.39. The van der Waals surface area contributed by atoms with Crippen molar-refractivity contribution in [2.75, 3.05) is 26.7 Å². The van der Waals surface area contributed by atoms with Crippen LogP contribution in [-0.4, -0.2) is 45.4 Å². The number of rotatable bonds is 6. The average Bonchev–Trinajstić information content (AvgIpc) is 2.73. The minimum atomic E-state index is -3.90. The summed E-state index contributed by atoms with van der Waals surface area (Å²) in [5.74, 6) is -2.06. The molecule has 1 fully saturated rings. The monoisotopic (exact) mass is 439 g/mol. The third kappa shape index (κ3) is 4.45. The summed E-state index contributed by atoms with van der Waals surface area (Å²) in [4.78, 5) is 12.7. The van der Waals surface area contributed by atoms with Gasteiger partial charge in [0.2, 0.25) is 0 Å². The highest BCUT2D eigenvalue weighted by Crippen LogP contribution is 2.37. The molecule has 0 unspecified atom stereocenters. The molecule has 0 bridgehead atoms. The van der Waals surface area contributed by atoms with Crippen LogP contribution in [0.1, 0.15) is 28.8 Å². The highest BCUT2D eigenvalue weighted by molar-refractivity contribution is 7.86. The summed E-state index contributed by atoms with van der Waals surface area (Å²) < 4.78 is 58.2. The maximum atomic E-state index is 14.7. The van der Waals surface area contributed by atoms with Crippen LogP contribution in [0.4, 0.5) is 8.78 Å². The van der Waals surface area contributed by atoms with E-state index in [-0.39, 0.29) is 38.0 Å². The van der Waals surface area contributed by atoms with Crippen molar-refractivity contribution in [1.82, 2.24) is 9.62 Å². The fourth-order valence-electron chi connectivity index (χ4n) is 3.80. The normalized spacial score (nSPS) is 16.8. The molecule has 1 aliphatic heterocycles. The van der Waals surface area contributed by atoms with Crippen molar-refractivity contribution in [3.8, 4) is 5.75 Å². The maximum Gasteiger partial charge on any atom is 0.276 e. The van der Waals surface area contributed by atoms with Gasteiger partial charge < -0.3 is 10.1 Å². The van der Waals surface area contributed by atoms with E-state index in [9.17, 15) is 22.0 Å². The van der Waals surface area contributed by atoms with Gasteiger partial charge in [-0.25, -0.2) is 13.9 Å². The van der Waals surface area contributed by atoms with Crippen LogP contribution in [0.2, 0.25) is 0 Å². The van der Waals surface area contributed by atoms with Crippen molar-refractivity contribution < 1.29 is 26.7 Å². The molecule has 0 radical (unpaired) electrons. The number of methoxy groups -OCH3 is 1. The first kappa shape index (κ1) is 22.1. The molecule has 162 valence electrons. The summed E-state index contributed by atoms with van der Waals surface area (Å²) in [6.07, 6.45) is 0.325. The van der Waals surface area contributed by atoms with Crippen molar-refractivity contribution in [1.29, 1.82) is 0 Å². The number of piperidine rings is 1. The topological polar surface area (TPSA) is 102 Å². The van der Waals surface area contributed by atoms with Gasteiger partial charge in [-0.3, -0.25) is 4.79 Å². The summed E-state index contributed by atoms with van der Waals surface area (Å²) in [5, 5.41) is 7.98. The van der Waals surface area contributed by atoms with E-state index in [0.717, 1.165) is 10.4 Å². The van der Waals surface area contributed by atoms with Crippen LogP contribution >= 0.6 is 0 Å². The third-order valence-electron chi connectivity index (χ3n) is 5.50. The lowest BCUT2D eigenvalue weighted by Crippen LogP contribution is -2.52. The standard InChI is InChI=1S/C20H23F2N3O4S/c1-29-17-8-3-2-5-14(17)19(26)24-13-20(15-6-4-7-16(21)18(15)22)9-11-25(12-10-20)30(23,27)28/h2-8H,9-13H2,1H3,(H,24,26)(H2,23,27,28). The van der Waals surface area contributed by atoms with Crippen molar-refractivity contribution in [3.63, 3.8) is 0 Å². The molecule has 3 rings (SSSR count). The molecule has 1 amide bonds. The molecule has 1 heterocycles. The van der Waals surface area contributed by atoms with Crippen LogP contribution in [0.25, 0.3) is 0 Å². The Balaban J connectivity index is 1.89. The highest BCUT2D eigenvalue weighted by Gasteiger charge is 2.41. The van der Waals surface area contributed by atoms with Crippen LogP contribution in [-0.2, 0) is 15.6 Å². The van der Waals surface area contributed by atoms with E-state index in [1.165, 1.54) is 19.2 Å². The van der Waals surface area contributed by atoms with E-state index in [4.69, 9.17) is 9.88 Å². The van der Waals surface area contributed by atoms with Gasteiger partial charge in [0.05, 0.1) is 12.7 Å². The molecular weight excluding hydrogens is 416 g/mol. The van der Waals surface area contributed by atoms with Crippen LogP contribution in [0.5, 0.6) is 5.75 Å². The molecule has 7 nitrogen and oxygen atoms in total. The van der Waals surface area contributed by atoms with Gasteiger partial charge in [-0.1, -0.05) is 24.3 Å². The predicted octanol–water partition coefficient (Wildman–Crippen LogP) is 1.94. The molecule has 2 aromatic carbocycles. The molecule has 0 saturated carbocycles. The summed E-state index contributed by atoms with van der Waals surface area (Å²) in [5.41, 5.74) is -0.598. The summed E-state index contributed by atoms with van der Waals surface area (Å²) in [6.45, 7) is 0.0430. The summed E-state index contributed by atoms with van der Waals surface area (Å²) in [7, 11) is -2.46. The molecule has 0 aliphatic carbocycles. The van der Waals surface area contributed by atoms with Crippen LogP contribution in [0.3, 0.4) is 0 Å². The Morgan fingerprint density at radius 1 is 1.17 bits per heavy atom. The van der Waals surface area contributed by atoms with Crippen molar-refractivity contribution in [2.45, 2.75) is 18.3 Å². The molecule has 0 aromatic heterocycles. The number of hydrogen-bond acceptors (Lipinski definition) is 4. The van der Waals surface area contributed by atoms with Crippen LogP contribution in [0.15, 0.2) is 42.5 Å². The fraction of sp³-hybridized carbons (Fsp3) is 0.350. The number of hydrogen-bond donors (Lipinski definition) is 2. The number of carbonyl (C=O) groups is 1. The number of ether oxygens (including phenoxy) is 1. The van der Waals surface area contributed by atoms with E-state index in [1.807, 2.05) is 0 Å². The first-order valence-corrected chi connectivity index (χ1v) is 10.8. The lowest BCUT2D eigenvalue weighted by molar-refractivity contribution is 0.0928. The Labute approximate surface area is 174 Å². The summed E-state index contributed by atoms with van der Waals surface area (Å²) in [6, 6.07) is 10.5. The van der Waals surface area contributed by atoms with E-state index in [2.05, 4.69) is 5.32 Å². The first-order chi connectivity index (χ1) is 14.2. The van der Waals surface area contributed by atoms with E-state index in [0.29, 0.717) is 11.3 Å². The molecule has 3 N–H and O–H groups in total. The van der Waals surface area contributed by atoms with Gasteiger partial charge in [0.1, 0.15) is 5.75 Å². The summed E-state index contributed by atoms with van der Waals surface area (Å²) >= 11 is 0. The lowest BCUT2D eigenvalue weighted by atomic mass is 9.72. The SMILES string of the molecule is COc1ccccc1C(=O)NCC1(c2cccc(F)c2F)CCN(S(N)(=O)=O)CC1. The third-order valence-corrected chi connectivity index (χ3v) is 6.59. The number of nitrogens with two attached hydrogens (primary N) is 1. The number of halogens is 2. The lowest BCUT2D eigenvalue weighted by Gasteiger charge is -2.41. The minimum absolute atomic E-state index is 0.0112. The second-order valence-electron chi connectivity index (χ2n) is 7.21. The van der Waals surface area contributed by atoms with Gasteiger partial charge in [-0.05, 0) is 36.6 Å². The number of nitrogens with one attached hydrogen (secondary N) is 1. The van der Waals surface area contributed by atoms with Gasteiger partial charge in [0.15, 0.2) is 11.6 Å². The zero-order chi connectivity index (χ0) is 21.9. The van der Waals surface area contributed by atoms with Crippen molar-refractivity contribution in [2.24, 2.45) is 5.14 Å². The van der Waals surface area contributed by atoms with Crippen molar-refractivity contribution in [3.05, 3.63) is 65.2 Å². The largest absolute Gasteiger partial charge is 0.496 e. The molecule has 0 atom stereocenters. The maximum absolute atomic E-state index is 14.7. The van der Waals surface area contributed by atoms with Crippen LogP contribution < -0.4 is 15.2 Å². The van der Waals surface area contributed by atoms with E-state index in [1.54, 1.807) is 24.3 Å². The molecule has 1 aliphatic rings. The number of carbonyl (C=O) groups excluding carboxylic acids is 1. The van der Waals surface area contributed by atoms with E-state index < -0.39 is 33.2 Å². The zero-order valence-electron chi connectivity index (χ0n) is 16.4. The Hall–Kier alpha value is -2.56. The molecule has 1 saturated heterocycles. The zero-order valence-corrected chi connectivity index (χ0v) is 17.2. The van der Waals surface area contributed by atoms with Crippen molar-refractivity contribution >= 4 is 16.1 Å². The molecule has 0 spiro atoms. The second-order valence-corrected chi connectivity index (χ2v) is 8.76. The molecule has 30 heavy (non-hydrogen) atoms. The first-order valence-electron chi connectivity index (χ1n) is 9.31. The van der Waals surface area contributed by atoms with Gasteiger partial charge in [-0.15, -0.1) is 0 Å². The Morgan fingerprint density at radius 2 is 1.83 bits per heavy atom. The number of amides is 1. The molecule has 10 heteroatoms. The smallest absolute Gasteiger partial charge is 0.276 e. The molecular formula is C20H23F2N3O4S. The average molecular weight is 439 g/mol. The van der Waals surface area contributed by atoms with E-state index >= 15 is 0 Å². The highest BCUT2D eigenvalue weighted by atomic mass is 32.2. The minimum Gasteiger partial charge on any atom is -0.496 e. The fourth-order valence-corrected chi connectivity index (χ4v) is 4.49. The van der Waals surface area contributed by atoms with Crippen LogP contribution in [0, 0.1) is 11.6 Å². The van der Waals surface area contributed by atoms with Gasteiger partial charge >= 0.3 is 0 Å². The predicted molar refractivity (Wildman–Crippen MR) is 107 cm³/mol. The number of nitrogens with zero attached hydrogens (tertiary/aromatic N) is 1. The number of benzene rings is 2. The Morgan fingerprint density at radius 3 is 2.47 bits per heavy atom. The Bertz CT molecular complexity index is 1040. The quantitative estimate of drug-likeness (QED) is 0.718. The van der Waals surface area contributed by atoms with Gasteiger partial charge in [0, 0.05) is 25.0 Å². The number of para-hydroxylation sites is 1. The molecule has 2 aromatic rings.